The standard InChI is InChI=1S/C21H28N2O4/c1-14-5-3-6-18(15(14)2)22-19(24)13-27-21(26)16-8-10-17(11-9-16)23-12-4-7-20(23)25/h8-11,14-15,18H,3-7,12-13H2,1-2H3,(H,22,24)/t14-,15-,18-/m1/s1. The molecule has 0 spiro atoms. The average molecular weight is 372 g/mol. The number of benzene rings is 1. The second-order valence-electron chi connectivity index (χ2n) is 7.71. The summed E-state index contributed by atoms with van der Waals surface area (Å²) in [5.74, 6) is 0.336. The van der Waals surface area contributed by atoms with Crippen LogP contribution in [-0.4, -0.2) is 37.0 Å². The van der Waals surface area contributed by atoms with Crippen LogP contribution in [0.4, 0.5) is 5.69 Å². The summed E-state index contributed by atoms with van der Waals surface area (Å²) >= 11 is 0. The molecule has 2 fully saturated rings. The van der Waals surface area contributed by atoms with Gasteiger partial charge in [-0.15, -0.1) is 0 Å². The predicted octanol–water partition coefficient (Wildman–Crippen LogP) is 2.91. The van der Waals surface area contributed by atoms with Crippen molar-refractivity contribution in [2.24, 2.45) is 11.8 Å². The number of carbonyl (C=O) groups is 3. The smallest absolute Gasteiger partial charge is 0.338 e. The number of hydrogen-bond donors (Lipinski definition) is 1. The molecule has 1 aromatic rings. The Morgan fingerprint density at radius 2 is 1.89 bits per heavy atom. The minimum absolute atomic E-state index is 0.105. The molecule has 1 N–H and O–H groups in total. The van der Waals surface area contributed by atoms with E-state index in [1.165, 1.54) is 6.42 Å². The number of ether oxygens (including phenoxy) is 1. The molecule has 1 aliphatic heterocycles. The summed E-state index contributed by atoms with van der Waals surface area (Å²) < 4.78 is 5.15. The van der Waals surface area contributed by atoms with Crippen LogP contribution in [0.3, 0.4) is 0 Å². The van der Waals surface area contributed by atoms with Crippen LogP contribution in [0.1, 0.15) is 56.3 Å². The van der Waals surface area contributed by atoms with Crippen molar-refractivity contribution in [1.82, 2.24) is 5.32 Å². The molecule has 0 unspecified atom stereocenters. The van der Waals surface area contributed by atoms with E-state index in [-0.39, 0.29) is 24.5 Å². The summed E-state index contributed by atoms with van der Waals surface area (Å²) in [4.78, 5) is 37.8. The van der Waals surface area contributed by atoms with E-state index in [9.17, 15) is 14.4 Å². The zero-order valence-corrected chi connectivity index (χ0v) is 16.1. The van der Waals surface area contributed by atoms with Gasteiger partial charge < -0.3 is 15.0 Å². The maximum atomic E-state index is 12.2. The Morgan fingerprint density at radius 3 is 2.56 bits per heavy atom. The molecule has 6 nitrogen and oxygen atoms in total. The third kappa shape index (κ3) is 4.67. The van der Waals surface area contributed by atoms with Gasteiger partial charge in [-0.3, -0.25) is 9.59 Å². The molecular weight excluding hydrogens is 344 g/mol. The molecule has 1 saturated carbocycles. The van der Waals surface area contributed by atoms with Gasteiger partial charge in [0.2, 0.25) is 5.91 Å². The molecule has 27 heavy (non-hydrogen) atoms. The predicted molar refractivity (Wildman–Crippen MR) is 102 cm³/mol. The zero-order valence-electron chi connectivity index (χ0n) is 16.1. The van der Waals surface area contributed by atoms with Crippen molar-refractivity contribution in [2.45, 2.75) is 52.0 Å². The first kappa shape index (κ1) is 19.4. The first-order valence-electron chi connectivity index (χ1n) is 9.82. The number of anilines is 1. The van der Waals surface area contributed by atoms with Gasteiger partial charge in [0.05, 0.1) is 5.56 Å². The Labute approximate surface area is 160 Å². The van der Waals surface area contributed by atoms with Gasteiger partial charge in [0, 0.05) is 24.7 Å². The second-order valence-corrected chi connectivity index (χ2v) is 7.71. The molecule has 1 heterocycles. The van der Waals surface area contributed by atoms with Crippen LogP contribution in [-0.2, 0) is 14.3 Å². The van der Waals surface area contributed by atoms with E-state index in [0.717, 1.165) is 24.9 Å². The van der Waals surface area contributed by atoms with Crippen molar-refractivity contribution in [3.63, 3.8) is 0 Å². The molecule has 146 valence electrons. The van der Waals surface area contributed by atoms with Crippen molar-refractivity contribution >= 4 is 23.5 Å². The van der Waals surface area contributed by atoms with Gasteiger partial charge in [-0.1, -0.05) is 26.7 Å². The van der Waals surface area contributed by atoms with E-state index < -0.39 is 5.97 Å². The lowest BCUT2D eigenvalue weighted by molar-refractivity contribution is -0.125. The van der Waals surface area contributed by atoms with Gasteiger partial charge in [-0.25, -0.2) is 4.79 Å². The van der Waals surface area contributed by atoms with Crippen LogP contribution in [0.15, 0.2) is 24.3 Å². The monoisotopic (exact) mass is 372 g/mol. The summed E-state index contributed by atoms with van der Waals surface area (Å²) in [5.41, 5.74) is 1.16. The number of nitrogens with one attached hydrogen (secondary N) is 1. The van der Waals surface area contributed by atoms with E-state index in [1.807, 2.05) is 0 Å². The fraction of sp³-hybridized carbons (Fsp3) is 0.571. The lowest BCUT2D eigenvalue weighted by atomic mass is 9.78. The van der Waals surface area contributed by atoms with Crippen molar-refractivity contribution in [3.05, 3.63) is 29.8 Å². The van der Waals surface area contributed by atoms with Crippen LogP contribution < -0.4 is 10.2 Å². The molecule has 1 aliphatic carbocycles. The summed E-state index contributed by atoms with van der Waals surface area (Å²) in [6.07, 6.45) is 4.71. The average Bonchev–Trinajstić information content (AvgIpc) is 3.09. The Hall–Kier alpha value is -2.37. The molecule has 3 rings (SSSR count). The van der Waals surface area contributed by atoms with Gasteiger partial charge in [-0.05, 0) is 48.9 Å². The molecule has 3 atom stereocenters. The fourth-order valence-corrected chi connectivity index (χ4v) is 3.95. The van der Waals surface area contributed by atoms with Crippen molar-refractivity contribution < 1.29 is 19.1 Å². The number of esters is 1. The first-order chi connectivity index (χ1) is 13.0. The van der Waals surface area contributed by atoms with Gasteiger partial charge in [0.25, 0.3) is 5.91 Å². The fourth-order valence-electron chi connectivity index (χ4n) is 3.95. The molecule has 2 aliphatic rings. The summed E-state index contributed by atoms with van der Waals surface area (Å²) in [7, 11) is 0. The van der Waals surface area contributed by atoms with Gasteiger partial charge in [0.15, 0.2) is 6.61 Å². The van der Waals surface area contributed by atoms with Crippen molar-refractivity contribution in [1.29, 1.82) is 0 Å². The van der Waals surface area contributed by atoms with Crippen LogP contribution in [0, 0.1) is 11.8 Å². The molecule has 0 radical (unpaired) electrons. The number of nitrogens with zero attached hydrogens (tertiary/aromatic N) is 1. The lowest BCUT2D eigenvalue weighted by Gasteiger charge is -2.34. The Kier molecular flexibility index (Phi) is 6.14. The van der Waals surface area contributed by atoms with Crippen LogP contribution in [0.5, 0.6) is 0 Å². The second kappa shape index (κ2) is 8.55. The minimum Gasteiger partial charge on any atom is -0.452 e. The summed E-state index contributed by atoms with van der Waals surface area (Å²) in [6.45, 7) is 4.81. The molecule has 1 saturated heterocycles. The highest BCUT2D eigenvalue weighted by Gasteiger charge is 2.28. The highest BCUT2D eigenvalue weighted by atomic mass is 16.5. The van der Waals surface area contributed by atoms with E-state index >= 15 is 0 Å². The molecule has 6 heteroatoms. The summed E-state index contributed by atoms with van der Waals surface area (Å²) in [6, 6.07) is 6.89. The molecule has 0 bridgehead atoms. The van der Waals surface area contributed by atoms with Gasteiger partial charge in [0.1, 0.15) is 0 Å². The zero-order chi connectivity index (χ0) is 19.4. The van der Waals surface area contributed by atoms with E-state index in [4.69, 9.17) is 4.74 Å². The quantitative estimate of drug-likeness (QED) is 0.807. The Bertz CT molecular complexity index is 701. The molecular formula is C21H28N2O4. The molecule has 1 aromatic carbocycles. The number of rotatable bonds is 5. The highest BCUT2D eigenvalue weighted by molar-refractivity contribution is 5.96. The van der Waals surface area contributed by atoms with E-state index in [2.05, 4.69) is 19.2 Å². The normalized spacial score (nSPS) is 25.3. The summed E-state index contributed by atoms with van der Waals surface area (Å²) in [5, 5.41) is 3.00. The lowest BCUT2D eigenvalue weighted by Crippen LogP contribution is -2.45. The highest BCUT2D eigenvalue weighted by Crippen LogP contribution is 2.29. The van der Waals surface area contributed by atoms with Gasteiger partial charge >= 0.3 is 5.97 Å². The van der Waals surface area contributed by atoms with Crippen molar-refractivity contribution in [3.8, 4) is 0 Å². The van der Waals surface area contributed by atoms with Crippen LogP contribution in [0.2, 0.25) is 0 Å². The minimum atomic E-state index is -0.533. The largest absolute Gasteiger partial charge is 0.452 e. The van der Waals surface area contributed by atoms with E-state index in [0.29, 0.717) is 30.4 Å². The maximum Gasteiger partial charge on any atom is 0.338 e. The number of hydrogen-bond acceptors (Lipinski definition) is 4. The van der Waals surface area contributed by atoms with Gasteiger partial charge in [-0.2, -0.15) is 0 Å². The van der Waals surface area contributed by atoms with Crippen LogP contribution >= 0.6 is 0 Å². The van der Waals surface area contributed by atoms with E-state index in [1.54, 1.807) is 29.2 Å². The Morgan fingerprint density at radius 1 is 1.15 bits per heavy atom. The topological polar surface area (TPSA) is 75.7 Å². The number of amides is 2. The number of carbonyl (C=O) groups excluding carboxylic acids is 3. The third-order valence-electron chi connectivity index (χ3n) is 5.88. The maximum absolute atomic E-state index is 12.2. The third-order valence-corrected chi connectivity index (χ3v) is 5.88. The SMILES string of the molecule is C[C@@H]1[C@H](C)CCC[C@H]1NC(=O)COC(=O)c1ccc(N2CCCC2=O)cc1. The Balaban J connectivity index is 1.48. The van der Waals surface area contributed by atoms with Crippen molar-refractivity contribution in [2.75, 3.05) is 18.1 Å². The first-order valence-corrected chi connectivity index (χ1v) is 9.82. The molecule has 0 aromatic heterocycles. The van der Waals surface area contributed by atoms with Crippen LogP contribution in [0.25, 0.3) is 0 Å². The molecule has 2 amide bonds.